The van der Waals surface area contributed by atoms with Crippen molar-refractivity contribution >= 4 is 23.2 Å². The van der Waals surface area contributed by atoms with Crippen LogP contribution in [0.2, 0.25) is 10.0 Å². The van der Waals surface area contributed by atoms with E-state index in [9.17, 15) is 0 Å². The summed E-state index contributed by atoms with van der Waals surface area (Å²) >= 11 is 11.8. The molecule has 3 rings (SSSR count). The van der Waals surface area contributed by atoms with Crippen LogP contribution in [0.4, 0.5) is 0 Å². The zero-order chi connectivity index (χ0) is 14.8. The Hall–Kier alpha value is -1.90. The summed E-state index contributed by atoms with van der Waals surface area (Å²) in [6.07, 6.45) is 0. The molecule has 0 radical (unpaired) electrons. The minimum absolute atomic E-state index is 0.691. The lowest BCUT2D eigenvalue weighted by molar-refractivity contribution is 1.11. The predicted molar refractivity (Wildman–Crippen MR) is 87.7 cm³/mol. The number of rotatable bonds is 2. The normalized spacial score (nSPS) is 10.6. The van der Waals surface area contributed by atoms with Crippen molar-refractivity contribution in [3.63, 3.8) is 0 Å². The molecule has 2 nitrogen and oxygen atoms in total. The monoisotopic (exact) mass is 314 g/mol. The van der Waals surface area contributed by atoms with Gasteiger partial charge in [0.25, 0.3) is 0 Å². The first-order valence-corrected chi connectivity index (χ1v) is 7.25. The van der Waals surface area contributed by atoms with Crippen LogP contribution >= 0.6 is 23.2 Å². The third kappa shape index (κ3) is 3.23. The van der Waals surface area contributed by atoms with E-state index in [-0.39, 0.29) is 0 Å². The summed E-state index contributed by atoms with van der Waals surface area (Å²) in [7, 11) is 0. The minimum Gasteiger partial charge on any atom is -0.233 e. The molecule has 0 aliphatic carbocycles. The lowest BCUT2D eigenvalue weighted by atomic mass is 10.1. The molecule has 0 bridgehead atoms. The maximum absolute atomic E-state index is 5.93. The molecule has 3 aromatic rings. The molecule has 0 aliphatic rings. The molecule has 0 fully saturated rings. The SMILES string of the molecule is Cc1cc(-c2ccc(Cl)cc2)nc(-c2ccc(Cl)cc2)n1. The smallest absolute Gasteiger partial charge is 0.160 e. The molecular formula is C17H12Cl2N2. The molecule has 1 heterocycles. The van der Waals surface area contributed by atoms with Crippen molar-refractivity contribution in [1.29, 1.82) is 0 Å². The van der Waals surface area contributed by atoms with Gasteiger partial charge < -0.3 is 0 Å². The molecule has 0 aliphatic heterocycles. The summed E-state index contributed by atoms with van der Waals surface area (Å²) < 4.78 is 0. The van der Waals surface area contributed by atoms with Gasteiger partial charge in [0.15, 0.2) is 5.82 Å². The Labute approximate surface area is 133 Å². The van der Waals surface area contributed by atoms with Crippen molar-refractivity contribution in [2.45, 2.75) is 6.92 Å². The van der Waals surface area contributed by atoms with Crippen molar-refractivity contribution in [3.8, 4) is 22.6 Å². The molecule has 0 N–H and O–H groups in total. The van der Waals surface area contributed by atoms with Gasteiger partial charge in [-0.1, -0.05) is 35.3 Å². The minimum atomic E-state index is 0.691. The molecule has 1 aromatic heterocycles. The second-order valence-electron chi connectivity index (χ2n) is 4.73. The van der Waals surface area contributed by atoms with Crippen LogP contribution in [0.3, 0.4) is 0 Å². The lowest BCUT2D eigenvalue weighted by Crippen LogP contribution is -1.94. The molecule has 0 atom stereocenters. The van der Waals surface area contributed by atoms with Gasteiger partial charge in [-0.25, -0.2) is 9.97 Å². The number of halogens is 2. The van der Waals surface area contributed by atoms with E-state index < -0.39 is 0 Å². The Kier molecular flexibility index (Phi) is 3.91. The summed E-state index contributed by atoms with van der Waals surface area (Å²) in [6, 6.07) is 17.1. The average Bonchev–Trinajstić information content (AvgIpc) is 2.48. The molecule has 0 amide bonds. The standard InChI is InChI=1S/C17H12Cl2N2/c1-11-10-16(12-2-6-14(18)7-3-12)21-17(20-11)13-4-8-15(19)9-5-13/h2-10H,1H3. The first-order chi connectivity index (χ1) is 10.1. The van der Waals surface area contributed by atoms with E-state index in [2.05, 4.69) is 9.97 Å². The first kappa shape index (κ1) is 14.1. The third-order valence-corrected chi connectivity index (χ3v) is 3.60. The third-order valence-electron chi connectivity index (χ3n) is 3.10. The average molecular weight is 315 g/mol. The van der Waals surface area contributed by atoms with Crippen molar-refractivity contribution in [2.24, 2.45) is 0 Å². The Bertz CT molecular complexity index is 702. The number of aryl methyl sites for hydroxylation is 1. The molecule has 0 unspecified atom stereocenters. The summed E-state index contributed by atoms with van der Waals surface area (Å²) in [5, 5.41) is 1.41. The van der Waals surface area contributed by atoms with Gasteiger partial charge in [-0.15, -0.1) is 0 Å². The summed E-state index contributed by atoms with van der Waals surface area (Å²) in [5.74, 6) is 0.691. The Morgan fingerprint density at radius 3 is 1.81 bits per heavy atom. The molecule has 0 spiro atoms. The van der Waals surface area contributed by atoms with Crippen LogP contribution in [0.15, 0.2) is 54.6 Å². The zero-order valence-electron chi connectivity index (χ0n) is 11.3. The van der Waals surface area contributed by atoms with Gasteiger partial charge in [0.2, 0.25) is 0 Å². The van der Waals surface area contributed by atoms with Gasteiger partial charge in [0.1, 0.15) is 0 Å². The van der Waals surface area contributed by atoms with E-state index >= 15 is 0 Å². The Balaban J connectivity index is 2.07. The van der Waals surface area contributed by atoms with Crippen molar-refractivity contribution < 1.29 is 0 Å². The maximum Gasteiger partial charge on any atom is 0.160 e. The van der Waals surface area contributed by atoms with Gasteiger partial charge in [-0.05, 0) is 49.4 Å². The molecular weight excluding hydrogens is 303 g/mol. The van der Waals surface area contributed by atoms with E-state index in [1.165, 1.54) is 0 Å². The van der Waals surface area contributed by atoms with E-state index in [0.717, 1.165) is 22.5 Å². The summed E-state index contributed by atoms with van der Waals surface area (Å²) in [5.41, 5.74) is 3.75. The van der Waals surface area contributed by atoms with Crippen LogP contribution in [0.1, 0.15) is 5.69 Å². The van der Waals surface area contributed by atoms with E-state index in [4.69, 9.17) is 23.2 Å². The van der Waals surface area contributed by atoms with Crippen molar-refractivity contribution in [2.75, 3.05) is 0 Å². The highest BCUT2D eigenvalue weighted by atomic mass is 35.5. The predicted octanol–water partition coefficient (Wildman–Crippen LogP) is 5.43. The van der Waals surface area contributed by atoms with Gasteiger partial charge >= 0.3 is 0 Å². The van der Waals surface area contributed by atoms with Crippen LogP contribution < -0.4 is 0 Å². The molecule has 0 saturated carbocycles. The van der Waals surface area contributed by atoms with Gasteiger partial charge in [-0.3, -0.25) is 0 Å². The molecule has 104 valence electrons. The van der Waals surface area contributed by atoms with E-state index in [1.54, 1.807) is 0 Å². The van der Waals surface area contributed by atoms with Crippen molar-refractivity contribution in [3.05, 3.63) is 70.3 Å². The summed E-state index contributed by atoms with van der Waals surface area (Å²) in [6.45, 7) is 1.96. The number of aromatic nitrogens is 2. The fourth-order valence-electron chi connectivity index (χ4n) is 2.07. The Morgan fingerprint density at radius 2 is 1.24 bits per heavy atom. The zero-order valence-corrected chi connectivity index (χ0v) is 12.9. The fourth-order valence-corrected chi connectivity index (χ4v) is 2.32. The van der Waals surface area contributed by atoms with Gasteiger partial charge in [0, 0.05) is 26.9 Å². The first-order valence-electron chi connectivity index (χ1n) is 6.49. The largest absolute Gasteiger partial charge is 0.233 e. The fraction of sp³-hybridized carbons (Fsp3) is 0.0588. The second kappa shape index (κ2) is 5.84. The lowest BCUT2D eigenvalue weighted by Gasteiger charge is -2.07. The van der Waals surface area contributed by atoms with Crippen LogP contribution in [0, 0.1) is 6.92 Å². The summed E-state index contributed by atoms with van der Waals surface area (Å²) in [4.78, 5) is 9.13. The number of benzene rings is 2. The highest BCUT2D eigenvalue weighted by Gasteiger charge is 2.07. The van der Waals surface area contributed by atoms with E-state index in [0.29, 0.717) is 15.9 Å². The maximum atomic E-state index is 5.93. The highest BCUT2D eigenvalue weighted by Crippen LogP contribution is 2.24. The highest BCUT2D eigenvalue weighted by molar-refractivity contribution is 6.30. The topological polar surface area (TPSA) is 25.8 Å². The van der Waals surface area contributed by atoms with Gasteiger partial charge in [0.05, 0.1) is 5.69 Å². The number of hydrogen-bond acceptors (Lipinski definition) is 2. The van der Waals surface area contributed by atoms with Crippen LogP contribution in [0.5, 0.6) is 0 Å². The van der Waals surface area contributed by atoms with Crippen LogP contribution in [-0.2, 0) is 0 Å². The molecule has 2 aromatic carbocycles. The molecule has 21 heavy (non-hydrogen) atoms. The second-order valence-corrected chi connectivity index (χ2v) is 5.60. The van der Waals surface area contributed by atoms with Crippen LogP contribution in [0.25, 0.3) is 22.6 Å². The van der Waals surface area contributed by atoms with E-state index in [1.807, 2.05) is 61.5 Å². The van der Waals surface area contributed by atoms with Gasteiger partial charge in [-0.2, -0.15) is 0 Å². The number of hydrogen-bond donors (Lipinski definition) is 0. The molecule has 0 saturated heterocycles. The van der Waals surface area contributed by atoms with Crippen LogP contribution in [-0.4, -0.2) is 9.97 Å². The quantitative estimate of drug-likeness (QED) is 0.630. The number of nitrogens with zero attached hydrogens (tertiary/aromatic N) is 2. The molecule has 4 heteroatoms. The van der Waals surface area contributed by atoms with Crippen molar-refractivity contribution in [1.82, 2.24) is 9.97 Å². The Morgan fingerprint density at radius 1 is 0.714 bits per heavy atom.